The fourth-order valence-corrected chi connectivity index (χ4v) is 8.28. The van der Waals surface area contributed by atoms with Gasteiger partial charge in [0.25, 0.3) is 0 Å². The topological polar surface area (TPSA) is 50.9 Å². The minimum atomic E-state index is -3.02. The molecular weight excluding hydrogens is 779 g/mol. The lowest BCUT2D eigenvalue weighted by molar-refractivity contribution is 0.466. The Kier molecular flexibility index (Phi) is 7.74. The van der Waals surface area contributed by atoms with E-state index in [1.54, 1.807) is 101 Å². The van der Waals surface area contributed by atoms with E-state index in [-0.39, 0.29) is 51.1 Å². The summed E-state index contributed by atoms with van der Waals surface area (Å²) >= 11 is 0. The van der Waals surface area contributed by atoms with Crippen LogP contribution in [0.1, 0.15) is 161 Å². The second-order valence-electron chi connectivity index (χ2n) is 18.5. The molecule has 4 nitrogen and oxygen atoms in total. The number of imidazole rings is 1. The van der Waals surface area contributed by atoms with Gasteiger partial charge in [-0.05, 0) is 152 Å². The van der Waals surface area contributed by atoms with Gasteiger partial charge in [0.15, 0.2) is 0 Å². The van der Waals surface area contributed by atoms with E-state index in [0.717, 1.165) is 11.1 Å². The van der Waals surface area contributed by atoms with Gasteiger partial charge in [-0.25, -0.2) is 4.98 Å². The van der Waals surface area contributed by atoms with Crippen molar-refractivity contribution >= 4 is 11.0 Å². The van der Waals surface area contributed by atoms with Gasteiger partial charge in [0, 0.05) is 29.6 Å². The number of nitrogens with zero attached hydrogens (tertiary/aromatic N) is 3. The zero-order valence-electron chi connectivity index (χ0n) is 54.4. The first-order valence-electron chi connectivity index (χ1n) is 29.6. The van der Waals surface area contributed by atoms with Gasteiger partial charge in [-0.1, -0.05) is 154 Å². The molecule has 2 aromatic heterocycles. The fourth-order valence-electron chi connectivity index (χ4n) is 8.28. The molecule has 1 N–H and O–H groups in total. The molecule has 0 aliphatic rings. The molecule has 64 heavy (non-hydrogen) atoms. The maximum absolute atomic E-state index is 12.5. The van der Waals surface area contributed by atoms with Crippen LogP contribution in [0.3, 0.4) is 0 Å². The summed E-state index contributed by atoms with van der Waals surface area (Å²) in [6, 6.07) is 20.4. The Morgan fingerprint density at radius 2 is 1.38 bits per heavy atom. The molecule has 0 aliphatic carbocycles. The molecule has 0 radical (unpaired) electrons. The first-order valence-corrected chi connectivity index (χ1v) is 21.6. The number of pyridine rings is 1. The first-order chi connectivity index (χ1) is 36.7. The number of aryl methyl sites for hydroxylation is 1. The average molecular weight is 860 g/mol. The standard InChI is InChI=1S/C60H65N3O/c1-35(2)44-32-51(38(7)8)58(64)52(33-44)59-62-57-50(45-29-46(31-47(30-45)60(11,12)13)53-34-42(26-27-61-53)41-22-20-39(9)21-23-41)18-15-19-55(57)63(59)54-25-24-43(28-40(54)10)56-48(36(3)4)16-14-17-49(56)37(5)6/h14-38,64H,1-13H3/i9D3,10D3,20D,21D,22D,23D,26D,27D,34D,35D,36D,38D. The molecule has 0 spiro atoms. The molecule has 0 atom stereocenters. The van der Waals surface area contributed by atoms with Gasteiger partial charge in [0.1, 0.15) is 11.6 Å². The van der Waals surface area contributed by atoms with Crippen molar-refractivity contribution in [1.29, 1.82) is 0 Å². The maximum Gasteiger partial charge on any atom is 0.149 e. The molecule has 0 fully saturated rings. The van der Waals surface area contributed by atoms with Crippen molar-refractivity contribution in [3.05, 3.63) is 166 Å². The van der Waals surface area contributed by atoms with E-state index in [4.69, 9.17) is 21.4 Å². The zero-order chi connectivity index (χ0) is 59.6. The minimum Gasteiger partial charge on any atom is -0.507 e. The van der Waals surface area contributed by atoms with Crippen molar-refractivity contribution in [1.82, 2.24) is 14.5 Å². The number of hydrogen-bond donors (Lipinski definition) is 1. The number of fused-ring (bicyclic) bond motifs is 1. The summed E-state index contributed by atoms with van der Waals surface area (Å²) in [6.45, 7) is 14.4. The summed E-state index contributed by atoms with van der Waals surface area (Å²) in [7, 11) is 0. The number of benzene rings is 6. The molecule has 6 aromatic carbocycles. The molecule has 326 valence electrons. The highest BCUT2D eigenvalue weighted by Gasteiger charge is 2.26. The Morgan fingerprint density at radius 1 is 0.656 bits per heavy atom. The van der Waals surface area contributed by atoms with E-state index < -0.39 is 95.9 Å². The van der Waals surface area contributed by atoms with Gasteiger partial charge < -0.3 is 5.11 Å². The second-order valence-corrected chi connectivity index (χ2v) is 18.5. The Labute approximate surface area is 404 Å². The second kappa shape index (κ2) is 17.4. The van der Waals surface area contributed by atoms with E-state index in [2.05, 4.69) is 4.98 Å². The Hall–Kier alpha value is -6.26. The lowest BCUT2D eigenvalue weighted by Gasteiger charge is -2.22. The Morgan fingerprint density at radius 3 is 2.05 bits per heavy atom. The molecule has 0 bridgehead atoms. The molecule has 2 heterocycles. The van der Waals surface area contributed by atoms with E-state index in [0.29, 0.717) is 44.4 Å². The van der Waals surface area contributed by atoms with Crippen LogP contribution >= 0.6 is 0 Å². The van der Waals surface area contributed by atoms with Crippen molar-refractivity contribution in [3.63, 3.8) is 0 Å². The maximum atomic E-state index is 12.5. The number of aromatic nitrogens is 3. The lowest BCUT2D eigenvalue weighted by atomic mass is 9.83. The van der Waals surface area contributed by atoms with E-state index in [1.165, 1.54) is 0 Å². The molecule has 0 saturated carbocycles. The van der Waals surface area contributed by atoms with Crippen LogP contribution in [0.2, 0.25) is 0 Å². The van der Waals surface area contributed by atoms with E-state index >= 15 is 0 Å². The van der Waals surface area contributed by atoms with Gasteiger partial charge in [-0.2, -0.15) is 0 Å². The lowest BCUT2D eigenvalue weighted by Crippen LogP contribution is -2.11. The van der Waals surface area contributed by atoms with Crippen LogP contribution in [0, 0.1) is 13.7 Å². The van der Waals surface area contributed by atoms with Crippen LogP contribution in [-0.4, -0.2) is 19.6 Å². The molecule has 8 aromatic rings. The number of para-hydroxylation sites is 1. The third kappa shape index (κ3) is 8.43. The SMILES string of the molecule is [2H]c1nc(-c2cc(-c3cccc4c3nc(-c3cc(C([2H])(C)C)cc(C([2H])(C)C)c3O)n4-c3ccc(-c4c(C(C)C)cccc4C([2H])(C)C)cc3C([2H])([2H])[2H])cc(C(C)(C)C)c2)c([2H])c(-c2c([2H])c([2H])c(C([2H])([2H])[2H])c([2H])c2[2H])c1[2H]. The quantitative estimate of drug-likeness (QED) is 0.149. The van der Waals surface area contributed by atoms with Gasteiger partial charge in [-0.15, -0.1) is 0 Å². The minimum absolute atomic E-state index is 0.00941. The highest BCUT2D eigenvalue weighted by atomic mass is 16.3. The molecule has 0 aliphatic heterocycles. The third-order valence-corrected chi connectivity index (χ3v) is 11.8. The summed E-state index contributed by atoms with van der Waals surface area (Å²) < 4.78 is 143. The fraction of sp³-hybridized carbons (Fsp3) is 0.300. The highest BCUT2D eigenvalue weighted by molar-refractivity contribution is 5.97. The van der Waals surface area contributed by atoms with Crippen molar-refractivity contribution in [2.45, 2.75) is 119 Å². The number of phenolic OH excluding ortho intramolecular Hbond substituents is 1. The average Bonchev–Trinajstić information content (AvgIpc) is 3.86. The van der Waals surface area contributed by atoms with Crippen LogP contribution < -0.4 is 0 Å². The molecule has 0 saturated heterocycles. The molecule has 0 amide bonds. The summed E-state index contributed by atoms with van der Waals surface area (Å²) in [5.74, 6) is -3.88. The molecule has 0 unspecified atom stereocenters. The van der Waals surface area contributed by atoms with E-state index in [1.807, 2.05) is 65.0 Å². The molecular formula is C60H65N3O. The monoisotopic (exact) mass is 860 g/mol. The summed E-state index contributed by atoms with van der Waals surface area (Å²) in [5.41, 5.74) is 4.05. The van der Waals surface area contributed by atoms with Gasteiger partial charge in [0.2, 0.25) is 0 Å². The largest absolute Gasteiger partial charge is 0.507 e. The van der Waals surface area contributed by atoms with Gasteiger partial charge >= 0.3 is 0 Å². The predicted octanol–water partition coefficient (Wildman–Crippen LogP) is 16.9. The predicted molar refractivity (Wildman–Crippen MR) is 272 cm³/mol. The number of aromatic hydroxyl groups is 1. The Balaban J connectivity index is 1.50. The summed E-state index contributed by atoms with van der Waals surface area (Å²) in [4.78, 5) is 9.74. The van der Waals surface area contributed by atoms with E-state index in [9.17, 15) is 10.6 Å². The van der Waals surface area contributed by atoms with Crippen molar-refractivity contribution < 1.29 is 27.0 Å². The number of phenols is 1. The first kappa shape index (κ1) is 28.5. The van der Waals surface area contributed by atoms with Crippen molar-refractivity contribution in [2.75, 3.05) is 0 Å². The van der Waals surface area contributed by atoms with Crippen LogP contribution in [0.25, 0.3) is 72.7 Å². The summed E-state index contributed by atoms with van der Waals surface area (Å²) in [6.07, 6.45) is -0.646. The van der Waals surface area contributed by atoms with Crippen LogP contribution in [-0.2, 0) is 5.41 Å². The zero-order valence-corrected chi connectivity index (χ0v) is 38.4. The van der Waals surface area contributed by atoms with Crippen molar-refractivity contribution in [3.8, 4) is 67.5 Å². The van der Waals surface area contributed by atoms with Gasteiger partial charge in [-0.3, -0.25) is 9.55 Å². The number of rotatable bonds is 10. The van der Waals surface area contributed by atoms with Gasteiger partial charge in [0.05, 0.1) is 37.6 Å². The third-order valence-electron chi connectivity index (χ3n) is 11.8. The Bertz CT molecular complexity index is 3780. The smallest absolute Gasteiger partial charge is 0.149 e. The summed E-state index contributed by atoms with van der Waals surface area (Å²) in [5, 5.41) is 12.5. The normalized spacial score (nSPS) is 16.6. The highest BCUT2D eigenvalue weighted by Crippen LogP contribution is 2.45. The molecule has 8 rings (SSSR count). The molecule has 4 heteroatoms. The van der Waals surface area contributed by atoms with Crippen LogP contribution in [0.15, 0.2) is 127 Å². The van der Waals surface area contributed by atoms with Crippen LogP contribution in [0.4, 0.5) is 0 Å². The number of hydrogen-bond acceptors (Lipinski definition) is 3. The van der Waals surface area contributed by atoms with Crippen LogP contribution in [0.5, 0.6) is 5.75 Å². The van der Waals surface area contributed by atoms with Crippen molar-refractivity contribution in [2.24, 2.45) is 0 Å².